The van der Waals surface area contributed by atoms with Crippen LogP contribution in [0.1, 0.15) is 25.6 Å². The zero-order valence-electron chi connectivity index (χ0n) is 15.9. The van der Waals surface area contributed by atoms with Crippen LogP contribution < -0.4 is 9.64 Å². The second kappa shape index (κ2) is 7.48. The van der Waals surface area contributed by atoms with Gasteiger partial charge in [-0.2, -0.15) is 4.98 Å². The molecule has 0 unspecified atom stereocenters. The second-order valence-corrected chi connectivity index (χ2v) is 7.04. The van der Waals surface area contributed by atoms with Gasteiger partial charge in [0.15, 0.2) is 5.82 Å². The van der Waals surface area contributed by atoms with Gasteiger partial charge in [0, 0.05) is 38.8 Å². The van der Waals surface area contributed by atoms with Crippen molar-refractivity contribution in [2.45, 2.75) is 33.4 Å². The minimum atomic E-state index is 0.0732. The van der Waals surface area contributed by atoms with Crippen molar-refractivity contribution in [2.75, 3.05) is 31.1 Å². The van der Waals surface area contributed by atoms with Gasteiger partial charge in [-0.25, -0.2) is 9.97 Å². The molecule has 2 aromatic heterocycles. The third kappa shape index (κ3) is 4.00. The molecule has 1 aliphatic heterocycles. The average molecular weight is 368 g/mol. The smallest absolute Gasteiger partial charge is 0.224 e. The van der Waals surface area contributed by atoms with E-state index in [0.717, 1.165) is 49.5 Å². The fourth-order valence-corrected chi connectivity index (χ4v) is 3.30. The molecule has 0 spiro atoms. The molecule has 0 aliphatic carbocycles. The molecule has 1 aliphatic rings. The fourth-order valence-electron chi connectivity index (χ4n) is 3.30. The van der Waals surface area contributed by atoms with Crippen LogP contribution in [0.2, 0.25) is 0 Å². The highest BCUT2D eigenvalue weighted by molar-refractivity contribution is 5.86. The Hall–Kier alpha value is -2.74. The molecule has 0 atom stereocenters. The number of ether oxygens (including phenoxy) is 1. The second-order valence-electron chi connectivity index (χ2n) is 7.04. The van der Waals surface area contributed by atoms with E-state index in [-0.39, 0.29) is 6.10 Å². The molecule has 1 saturated heterocycles. The van der Waals surface area contributed by atoms with E-state index < -0.39 is 0 Å². The summed E-state index contributed by atoms with van der Waals surface area (Å²) < 4.78 is 10.9. The zero-order chi connectivity index (χ0) is 18.8. The maximum Gasteiger partial charge on any atom is 0.224 e. The van der Waals surface area contributed by atoms with E-state index >= 15 is 0 Å². The van der Waals surface area contributed by atoms with Gasteiger partial charge in [0.1, 0.15) is 6.33 Å². The molecular formula is C19H24N6O2. The Bertz CT molecular complexity index is 917. The topological polar surface area (TPSA) is 80.4 Å². The quantitative estimate of drug-likeness (QED) is 0.679. The number of hydrogen-bond acceptors (Lipinski definition) is 8. The molecule has 0 bridgehead atoms. The van der Waals surface area contributed by atoms with Crippen molar-refractivity contribution in [3.63, 3.8) is 0 Å². The van der Waals surface area contributed by atoms with Crippen molar-refractivity contribution >= 4 is 16.6 Å². The van der Waals surface area contributed by atoms with E-state index in [0.29, 0.717) is 11.8 Å². The Kier molecular flexibility index (Phi) is 4.89. The Labute approximate surface area is 158 Å². The predicted octanol–water partition coefficient (Wildman–Crippen LogP) is 2.43. The monoisotopic (exact) mass is 368 g/mol. The predicted molar refractivity (Wildman–Crippen MR) is 102 cm³/mol. The summed E-state index contributed by atoms with van der Waals surface area (Å²) in [5.41, 5.74) is 2.07. The number of aromatic nitrogens is 4. The van der Waals surface area contributed by atoms with Crippen molar-refractivity contribution in [2.24, 2.45) is 0 Å². The molecule has 0 radical (unpaired) electrons. The number of anilines is 1. The van der Waals surface area contributed by atoms with Gasteiger partial charge < -0.3 is 14.2 Å². The first kappa shape index (κ1) is 17.7. The molecule has 3 heterocycles. The maximum atomic E-state index is 5.85. The number of fused-ring (bicyclic) bond motifs is 1. The fraction of sp³-hybridized carbons (Fsp3) is 0.474. The Balaban J connectivity index is 1.47. The number of aryl methyl sites for hydroxylation is 1. The molecular weight excluding hydrogens is 344 g/mol. The molecule has 8 heteroatoms. The van der Waals surface area contributed by atoms with Crippen LogP contribution in [0.25, 0.3) is 10.9 Å². The van der Waals surface area contributed by atoms with Gasteiger partial charge >= 0.3 is 0 Å². The van der Waals surface area contributed by atoms with Crippen molar-refractivity contribution in [1.82, 2.24) is 25.0 Å². The summed E-state index contributed by atoms with van der Waals surface area (Å²) in [6, 6.07) is 6.28. The number of rotatable bonds is 5. The lowest BCUT2D eigenvalue weighted by atomic mass is 10.2. The van der Waals surface area contributed by atoms with E-state index in [1.165, 1.54) is 5.69 Å². The zero-order valence-corrected chi connectivity index (χ0v) is 15.9. The minimum absolute atomic E-state index is 0.0732. The number of piperazine rings is 1. The Morgan fingerprint density at radius 3 is 2.67 bits per heavy atom. The summed E-state index contributed by atoms with van der Waals surface area (Å²) in [6.07, 6.45) is 1.63. The summed E-state index contributed by atoms with van der Waals surface area (Å²) >= 11 is 0. The van der Waals surface area contributed by atoms with Crippen molar-refractivity contribution < 1.29 is 9.26 Å². The first-order valence-electron chi connectivity index (χ1n) is 9.26. The Morgan fingerprint density at radius 1 is 1.15 bits per heavy atom. The van der Waals surface area contributed by atoms with Crippen LogP contribution in [-0.2, 0) is 6.54 Å². The van der Waals surface area contributed by atoms with Crippen molar-refractivity contribution in [3.8, 4) is 5.88 Å². The molecule has 1 fully saturated rings. The van der Waals surface area contributed by atoms with Crippen molar-refractivity contribution in [1.29, 1.82) is 0 Å². The average Bonchev–Trinajstić information content (AvgIpc) is 3.07. The van der Waals surface area contributed by atoms with Gasteiger partial charge in [0.05, 0.1) is 23.6 Å². The molecule has 27 heavy (non-hydrogen) atoms. The van der Waals surface area contributed by atoms with Gasteiger partial charge in [-0.05, 0) is 32.0 Å². The van der Waals surface area contributed by atoms with Crippen LogP contribution in [0.15, 0.2) is 29.0 Å². The number of hydrogen-bond donors (Lipinski definition) is 0. The number of benzene rings is 1. The van der Waals surface area contributed by atoms with Gasteiger partial charge in [-0.1, -0.05) is 5.16 Å². The first-order chi connectivity index (χ1) is 13.1. The van der Waals surface area contributed by atoms with E-state index in [1.54, 1.807) is 6.33 Å². The maximum absolute atomic E-state index is 5.85. The highest BCUT2D eigenvalue weighted by Crippen LogP contribution is 2.28. The molecule has 142 valence electrons. The standard InChI is InChI=1S/C19H24N6O2/c1-13(2)26-19-16-10-15(4-5-17(16)20-12-21-19)25-8-6-24(7-9-25)11-18-22-14(3)27-23-18/h4-5,10,12-13H,6-9,11H2,1-3H3. The SMILES string of the molecule is Cc1nc(CN2CCN(c3ccc4ncnc(OC(C)C)c4c3)CC2)no1. The minimum Gasteiger partial charge on any atom is -0.474 e. The molecule has 4 rings (SSSR count). The van der Waals surface area contributed by atoms with Crippen LogP contribution in [0.5, 0.6) is 5.88 Å². The van der Waals surface area contributed by atoms with Crippen LogP contribution in [0.4, 0.5) is 5.69 Å². The largest absolute Gasteiger partial charge is 0.474 e. The summed E-state index contributed by atoms with van der Waals surface area (Å²) in [5, 5.41) is 4.94. The van der Waals surface area contributed by atoms with E-state index in [4.69, 9.17) is 9.26 Å². The van der Waals surface area contributed by atoms with E-state index in [1.807, 2.05) is 26.8 Å². The first-order valence-corrected chi connectivity index (χ1v) is 9.26. The Morgan fingerprint density at radius 2 is 1.96 bits per heavy atom. The third-order valence-corrected chi connectivity index (χ3v) is 4.60. The van der Waals surface area contributed by atoms with E-state index in [9.17, 15) is 0 Å². The normalized spacial score (nSPS) is 15.6. The van der Waals surface area contributed by atoms with E-state index in [2.05, 4.69) is 42.0 Å². The lowest BCUT2D eigenvalue weighted by Crippen LogP contribution is -2.46. The highest BCUT2D eigenvalue weighted by atomic mass is 16.5. The summed E-state index contributed by atoms with van der Waals surface area (Å²) in [6.45, 7) is 10.3. The lowest BCUT2D eigenvalue weighted by Gasteiger charge is -2.35. The summed E-state index contributed by atoms with van der Waals surface area (Å²) in [7, 11) is 0. The van der Waals surface area contributed by atoms with Crippen LogP contribution in [-0.4, -0.2) is 57.3 Å². The van der Waals surface area contributed by atoms with Gasteiger partial charge in [-0.15, -0.1) is 0 Å². The summed E-state index contributed by atoms with van der Waals surface area (Å²) in [5.74, 6) is 2.00. The van der Waals surface area contributed by atoms with Gasteiger partial charge in [-0.3, -0.25) is 4.90 Å². The molecule has 0 saturated carbocycles. The number of nitrogens with zero attached hydrogens (tertiary/aromatic N) is 6. The van der Waals surface area contributed by atoms with Crippen LogP contribution in [0, 0.1) is 6.92 Å². The van der Waals surface area contributed by atoms with Gasteiger partial charge in [0.25, 0.3) is 0 Å². The van der Waals surface area contributed by atoms with Crippen LogP contribution in [0.3, 0.4) is 0 Å². The molecule has 1 aromatic carbocycles. The van der Waals surface area contributed by atoms with Crippen LogP contribution >= 0.6 is 0 Å². The third-order valence-electron chi connectivity index (χ3n) is 4.60. The van der Waals surface area contributed by atoms with Gasteiger partial charge in [0.2, 0.25) is 11.8 Å². The summed E-state index contributed by atoms with van der Waals surface area (Å²) in [4.78, 5) is 17.7. The molecule has 0 N–H and O–H groups in total. The lowest BCUT2D eigenvalue weighted by molar-refractivity contribution is 0.235. The van der Waals surface area contributed by atoms with Crippen molar-refractivity contribution in [3.05, 3.63) is 36.2 Å². The molecule has 0 amide bonds. The molecule has 3 aromatic rings. The highest BCUT2D eigenvalue weighted by Gasteiger charge is 2.20. The molecule has 8 nitrogen and oxygen atoms in total.